The fraction of sp³-hybridized carbons (Fsp3) is 0.222. The van der Waals surface area contributed by atoms with Gasteiger partial charge in [0.1, 0.15) is 5.82 Å². The molecule has 1 aliphatic heterocycles. The van der Waals surface area contributed by atoms with Crippen molar-refractivity contribution in [2.24, 2.45) is 5.10 Å². The zero-order chi connectivity index (χ0) is 15.9. The SMILES string of the molecule is Cl/C(C=NN1CCN(c2ccccn2)CC1)=C\c1ccccc1. The van der Waals surface area contributed by atoms with Gasteiger partial charge in [-0.15, -0.1) is 0 Å². The molecule has 118 valence electrons. The molecule has 0 aliphatic carbocycles. The summed E-state index contributed by atoms with van der Waals surface area (Å²) in [5, 5.41) is 7.14. The summed E-state index contributed by atoms with van der Waals surface area (Å²) in [6.07, 6.45) is 5.45. The van der Waals surface area contributed by atoms with E-state index in [1.807, 2.05) is 65.8 Å². The number of allylic oxidation sites excluding steroid dienone is 1. The van der Waals surface area contributed by atoms with E-state index >= 15 is 0 Å². The molecule has 4 nitrogen and oxygen atoms in total. The van der Waals surface area contributed by atoms with Gasteiger partial charge in [-0.25, -0.2) is 4.98 Å². The lowest BCUT2D eigenvalue weighted by atomic mass is 10.2. The third kappa shape index (κ3) is 4.57. The van der Waals surface area contributed by atoms with Crippen molar-refractivity contribution in [1.29, 1.82) is 0 Å². The molecule has 0 spiro atoms. The Hall–Kier alpha value is -2.33. The number of halogens is 1. The average molecular weight is 327 g/mol. The summed E-state index contributed by atoms with van der Waals surface area (Å²) in [6, 6.07) is 16.0. The van der Waals surface area contributed by atoms with Crippen LogP contribution in [0.25, 0.3) is 6.08 Å². The van der Waals surface area contributed by atoms with Crippen molar-refractivity contribution in [1.82, 2.24) is 9.99 Å². The van der Waals surface area contributed by atoms with E-state index in [0.29, 0.717) is 5.03 Å². The van der Waals surface area contributed by atoms with Gasteiger partial charge in [-0.05, 0) is 23.8 Å². The standard InChI is InChI=1S/C18H19ClN4/c19-17(14-16-6-2-1-3-7-16)15-21-23-12-10-22(11-13-23)18-8-4-5-9-20-18/h1-9,14-15H,10-13H2/b17-14-,21-15?. The molecule has 1 aliphatic rings. The number of anilines is 1. The van der Waals surface area contributed by atoms with Gasteiger partial charge in [-0.1, -0.05) is 48.0 Å². The fourth-order valence-electron chi connectivity index (χ4n) is 2.46. The fourth-order valence-corrected chi connectivity index (χ4v) is 2.63. The number of hydrogen-bond donors (Lipinski definition) is 0. The summed E-state index contributed by atoms with van der Waals surface area (Å²) in [5.41, 5.74) is 1.07. The Morgan fingerprint density at radius 3 is 2.43 bits per heavy atom. The van der Waals surface area contributed by atoms with E-state index in [1.165, 1.54) is 0 Å². The number of hydrogen-bond acceptors (Lipinski definition) is 4. The lowest BCUT2D eigenvalue weighted by molar-refractivity contribution is 0.271. The van der Waals surface area contributed by atoms with Crippen LogP contribution in [0.1, 0.15) is 5.56 Å². The van der Waals surface area contributed by atoms with E-state index in [9.17, 15) is 0 Å². The molecule has 0 radical (unpaired) electrons. The first-order valence-electron chi connectivity index (χ1n) is 7.68. The largest absolute Gasteiger partial charge is 0.353 e. The summed E-state index contributed by atoms with van der Waals surface area (Å²) in [5.74, 6) is 1.03. The minimum Gasteiger partial charge on any atom is -0.353 e. The second-order valence-corrected chi connectivity index (χ2v) is 5.75. The first-order valence-corrected chi connectivity index (χ1v) is 8.06. The monoisotopic (exact) mass is 326 g/mol. The van der Waals surface area contributed by atoms with Gasteiger partial charge in [-0.3, -0.25) is 5.01 Å². The number of hydrazone groups is 1. The molecule has 23 heavy (non-hydrogen) atoms. The normalized spacial score (nSPS) is 16.1. The maximum Gasteiger partial charge on any atom is 0.128 e. The summed E-state index contributed by atoms with van der Waals surface area (Å²) in [6.45, 7) is 3.55. The molecule has 0 saturated carbocycles. The van der Waals surface area contributed by atoms with Gasteiger partial charge >= 0.3 is 0 Å². The lowest BCUT2D eigenvalue weighted by Crippen LogP contribution is -2.44. The van der Waals surface area contributed by atoms with E-state index in [1.54, 1.807) is 6.21 Å². The Labute approximate surface area is 141 Å². The second-order valence-electron chi connectivity index (χ2n) is 5.31. The number of rotatable bonds is 4. The van der Waals surface area contributed by atoms with E-state index in [0.717, 1.165) is 37.6 Å². The van der Waals surface area contributed by atoms with Crippen LogP contribution in [0.5, 0.6) is 0 Å². The molecule has 1 aromatic carbocycles. The van der Waals surface area contributed by atoms with Crippen molar-refractivity contribution in [3.8, 4) is 0 Å². The van der Waals surface area contributed by atoms with Crippen molar-refractivity contribution in [2.75, 3.05) is 31.1 Å². The molecule has 1 fully saturated rings. The highest BCUT2D eigenvalue weighted by Gasteiger charge is 2.16. The smallest absolute Gasteiger partial charge is 0.128 e. The first-order chi connectivity index (χ1) is 11.3. The predicted octanol–water partition coefficient (Wildman–Crippen LogP) is 3.47. The molecular formula is C18H19ClN4. The van der Waals surface area contributed by atoms with Crippen LogP contribution in [0, 0.1) is 0 Å². The van der Waals surface area contributed by atoms with Crippen molar-refractivity contribution in [2.45, 2.75) is 0 Å². The number of nitrogens with zero attached hydrogens (tertiary/aromatic N) is 4. The highest BCUT2D eigenvalue weighted by Crippen LogP contribution is 2.13. The molecule has 0 amide bonds. The van der Waals surface area contributed by atoms with Gasteiger partial charge < -0.3 is 4.90 Å². The van der Waals surface area contributed by atoms with E-state index in [2.05, 4.69) is 15.0 Å². The van der Waals surface area contributed by atoms with Crippen LogP contribution in [-0.2, 0) is 0 Å². The number of pyridine rings is 1. The van der Waals surface area contributed by atoms with Gasteiger partial charge in [0, 0.05) is 19.3 Å². The molecule has 2 aromatic rings. The van der Waals surface area contributed by atoms with Crippen LogP contribution in [-0.4, -0.2) is 42.4 Å². The second kappa shape index (κ2) is 7.79. The van der Waals surface area contributed by atoms with Gasteiger partial charge in [0.15, 0.2) is 0 Å². The minimum absolute atomic E-state index is 0.628. The van der Waals surface area contributed by atoms with Gasteiger partial charge in [-0.2, -0.15) is 5.10 Å². The van der Waals surface area contributed by atoms with Crippen LogP contribution < -0.4 is 4.90 Å². The molecule has 0 bridgehead atoms. The third-order valence-electron chi connectivity index (χ3n) is 3.68. The summed E-state index contributed by atoms with van der Waals surface area (Å²) in [7, 11) is 0. The van der Waals surface area contributed by atoms with Gasteiger partial charge in [0.2, 0.25) is 0 Å². The highest BCUT2D eigenvalue weighted by atomic mass is 35.5. The van der Waals surface area contributed by atoms with Crippen molar-refractivity contribution in [3.63, 3.8) is 0 Å². The number of benzene rings is 1. The molecule has 0 atom stereocenters. The molecule has 0 unspecified atom stereocenters. The van der Waals surface area contributed by atoms with E-state index < -0.39 is 0 Å². The average Bonchev–Trinajstić information content (AvgIpc) is 2.62. The van der Waals surface area contributed by atoms with Gasteiger partial charge in [0.25, 0.3) is 0 Å². The molecule has 1 aromatic heterocycles. The molecule has 2 heterocycles. The van der Waals surface area contributed by atoms with Crippen molar-refractivity contribution in [3.05, 3.63) is 65.3 Å². The van der Waals surface area contributed by atoms with Crippen LogP contribution in [0.2, 0.25) is 0 Å². The molecular weight excluding hydrogens is 308 g/mol. The summed E-state index contributed by atoms with van der Waals surface area (Å²) < 4.78 is 0. The Bertz CT molecular complexity index is 662. The Morgan fingerprint density at radius 1 is 1.00 bits per heavy atom. The molecule has 1 saturated heterocycles. The maximum atomic E-state index is 6.22. The van der Waals surface area contributed by atoms with E-state index in [-0.39, 0.29) is 0 Å². The quantitative estimate of drug-likeness (QED) is 0.806. The summed E-state index contributed by atoms with van der Waals surface area (Å²) >= 11 is 6.22. The zero-order valence-electron chi connectivity index (χ0n) is 12.8. The molecule has 5 heteroatoms. The third-order valence-corrected chi connectivity index (χ3v) is 3.88. The van der Waals surface area contributed by atoms with Crippen molar-refractivity contribution >= 4 is 29.7 Å². The first kappa shape index (κ1) is 15.6. The number of piperazine rings is 1. The maximum absolute atomic E-state index is 6.22. The zero-order valence-corrected chi connectivity index (χ0v) is 13.6. The predicted molar refractivity (Wildman–Crippen MR) is 96.8 cm³/mol. The minimum atomic E-state index is 0.628. The Balaban J connectivity index is 1.53. The lowest BCUT2D eigenvalue weighted by Gasteiger charge is -2.33. The molecule has 3 rings (SSSR count). The highest BCUT2D eigenvalue weighted by molar-refractivity contribution is 6.41. The van der Waals surface area contributed by atoms with Gasteiger partial charge in [0.05, 0.1) is 24.3 Å². The summed E-state index contributed by atoms with van der Waals surface area (Å²) in [4.78, 5) is 6.66. The topological polar surface area (TPSA) is 31.7 Å². The van der Waals surface area contributed by atoms with Crippen LogP contribution in [0.15, 0.2) is 64.9 Å². The van der Waals surface area contributed by atoms with Crippen LogP contribution >= 0.6 is 11.6 Å². The number of aromatic nitrogens is 1. The van der Waals surface area contributed by atoms with Crippen LogP contribution in [0.4, 0.5) is 5.82 Å². The Morgan fingerprint density at radius 2 is 1.74 bits per heavy atom. The van der Waals surface area contributed by atoms with Crippen molar-refractivity contribution < 1.29 is 0 Å². The Kier molecular flexibility index (Phi) is 5.27. The molecule has 0 N–H and O–H groups in total. The van der Waals surface area contributed by atoms with Crippen LogP contribution in [0.3, 0.4) is 0 Å². The van der Waals surface area contributed by atoms with E-state index in [4.69, 9.17) is 11.6 Å².